The van der Waals surface area contributed by atoms with Crippen molar-refractivity contribution in [2.75, 3.05) is 0 Å². The fourth-order valence-corrected chi connectivity index (χ4v) is 2.39. The molecule has 2 aromatic carbocycles. The Balaban J connectivity index is 2.56. The van der Waals surface area contributed by atoms with E-state index in [4.69, 9.17) is 23.2 Å². The molecule has 0 bridgehead atoms. The molecule has 0 fully saturated rings. The van der Waals surface area contributed by atoms with Gasteiger partial charge in [-0.2, -0.15) is 0 Å². The van der Waals surface area contributed by atoms with E-state index in [-0.39, 0.29) is 20.6 Å². The Kier molecular flexibility index (Phi) is 4.23. The fraction of sp³-hybridized carbons (Fsp3) is 0. The number of carbonyl (C=O) groups excluding carboxylic acids is 1. The number of benzene rings is 2. The van der Waals surface area contributed by atoms with E-state index < -0.39 is 17.4 Å². The summed E-state index contributed by atoms with van der Waals surface area (Å²) in [4.78, 5) is 12.2. The predicted molar refractivity (Wildman–Crippen MR) is 74.0 cm³/mol. The van der Waals surface area contributed by atoms with Crippen LogP contribution < -0.4 is 0 Å². The molecule has 2 rings (SSSR count). The second kappa shape index (κ2) is 5.57. The van der Waals surface area contributed by atoms with Crippen molar-refractivity contribution in [2.24, 2.45) is 0 Å². The van der Waals surface area contributed by atoms with Crippen molar-refractivity contribution in [1.29, 1.82) is 0 Å². The van der Waals surface area contributed by atoms with E-state index in [2.05, 4.69) is 15.9 Å². The van der Waals surface area contributed by atoms with Gasteiger partial charge in [0.15, 0.2) is 17.4 Å². The average Bonchev–Trinajstić information content (AvgIpc) is 2.38. The van der Waals surface area contributed by atoms with Crippen LogP contribution in [0.25, 0.3) is 0 Å². The Bertz CT molecular complexity index is 674. The summed E-state index contributed by atoms with van der Waals surface area (Å²) in [6.45, 7) is 0. The third-order valence-corrected chi connectivity index (χ3v) is 3.79. The Hall–Kier alpha value is -0.970. The van der Waals surface area contributed by atoms with Crippen molar-refractivity contribution in [3.8, 4) is 0 Å². The molecule has 0 N–H and O–H groups in total. The lowest BCUT2D eigenvalue weighted by atomic mass is 10.0. The Morgan fingerprint density at radius 1 is 1.05 bits per heavy atom. The Labute approximate surface area is 126 Å². The molecule has 2 aromatic rings. The van der Waals surface area contributed by atoms with Gasteiger partial charge in [-0.3, -0.25) is 4.79 Å². The summed E-state index contributed by atoms with van der Waals surface area (Å²) in [5.41, 5.74) is 0.101. The van der Waals surface area contributed by atoms with Crippen LogP contribution in [0.2, 0.25) is 10.0 Å². The van der Waals surface area contributed by atoms with Crippen molar-refractivity contribution < 1.29 is 13.6 Å². The van der Waals surface area contributed by atoms with Crippen LogP contribution >= 0.6 is 39.1 Å². The summed E-state index contributed by atoms with van der Waals surface area (Å²) in [6, 6.07) is 6.43. The standard InChI is InChI=1S/C13H5BrCl2F2O/c14-11-7(2-4-10(17)12(11)18)13(19)8-5-6(15)1-3-9(8)16/h1-5H. The van der Waals surface area contributed by atoms with E-state index >= 15 is 0 Å². The molecule has 0 aliphatic rings. The highest BCUT2D eigenvalue weighted by atomic mass is 79.9. The van der Waals surface area contributed by atoms with Crippen molar-refractivity contribution >= 4 is 44.9 Å². The fourth-order valence-electron chi connectivity index (χ4n) is 1.52. The van der Waals surface area contributed by atoms with Crippen LogP contribution in [0, 0.1) is 11.6 Å². The van der Waals surface area contributed by atoms with Gasteiger partial charge in [-0.05, 0) is 46.3 Å². The molecule has 0 saturated carbocycles. The summed E-state index contributed by atoms with van der Waals surface area (Å²) < 4.78 is 26.2. The second-order valence-electron chi connectivity index (χ2n) is 3.68. The number of hydrogen-bond acceptors (Lipinski definition) is 1. The maximum Gasteiger partial charge on any atom is 0.195 e. The number of rotatable bonds is 2. The molecular weight excluding hydrogens is 361 g/mol. The van der Waals surface area contributed by atoms with E-state index in [1.165, 1.54) is 24.3 Å². The summed E-state index contributed by atoms with van der Waals surface area (Å²) >= 11 is 14.5. The van der Waals surface area contributed by atoms with Gasteiger partial charge in [-0.1, -0.05) is 23.2 Å². The largest absolute Gasteiger partial charge is 0.289 e. The molecule has 1 nitrogen and oxygen atoms in total. The van der Waals surface area contributed by atoms with Gasteiger partial charge in [-0.25, -0.2) is 8.78 Å². The maximum absolute atomic E-state index is 13.4. The van der Waals surface area contributed by atoms with Gasteiger partial charge < -0.3 is 0 Å². The van der Waals surface area contributed by atoms with Crippen LogP contribution in [-0.2, 0) is 0 Å². The van der Waals surface area contributed by atoms with Crippen LogP contribution in [0.5, 0.6) is 0 Å². The molecule has 0 aliphatic heterocycles. The number of ketones is 1. The molecule has 0 amide bonds. The molecule has 0 aromatic heterocycles. The molecule has 19 heavy (non-hydrogen) atoms. The van der Waals surface area contributed by atoms with Gasteiger partial charge in [0, 0.05) is 16.1 Å². The van der Waals surface area contributed by atoms with Crippen LogP contribution in [0.4, 0.5) is 8.78 Å². The van der Waals surface area contributed by atoms with Gasteiger partial charge in [0.1, 0.15) is 0 Å². The molecule has 0 spiro atoms. The van der Waals surface area contributed by atoms with Crippen molar-refractivity contribution in [1.82, 2.24) is 0 Å². The van der Waals surface area contributed by atoms with Crippen LogP contribution in [0.15, 0.2) is 34.8 Å². The van der Waals surface area contributed by atoms with Gasteiger partial charge >= 0.3 is 0 Å². The molecule has 0 atom stereocenters. The van der Waals surface area contributed by atoms with Gasteiger partial charge in [0.2, 0.25) is 0 Å². The Morgan fingerprint density at radius 2 is 1.74 bits per heavy atom. The van der Waals surface area contributed by atoms with Gasteiger partial charge in [-0.15, -0.1) is 0 Å². The van der Waals surface area contributed by atoms with Crippen LogP contribution in [-0.4, -0.2) is 5.78 Å². The first-order chi connectivity index (χ1) is 8.91. The molecule has 0 saturated heterocycles. The summed E-state index contributed by atoms with van der Waals surface area (Å²) in [7, 11) is 0. The topological polar surface area (TPSA) is 17.1 Å². The minimum atomic E-state index is -1.12. The normalized spacial score (nSPS) is 10.6. The van der Waals surface area contributed by atoms with Crippen LogP contribution in [0.1, 0.15) is 15.9 Å². The molecule has 0 aliphatic carbocycles. The summed E-state index contributed by atoms with van der Waals surface area (Å²) in [5, 5.41) is 0.512. The zero-order valence-electron chi connectivity index (χ0n) is 9.18. The predicted octanol–water partition coefficient (Wildman–Crippen LogP) is 5.27. The van der Waals surface area contributed by atoms with E-state index in [0.29, 0.717) is 5.02 Å². The van der Waals surface area contributed by atoms with Gasteiger partial charge in [0.05, 0.1) is 9.50 Å². The lowest BCUT2D eigenvalue weighted by Gasteiger charge is -2.07. The molecule has 6 heteroatoms. The van der Waals surface area contributed by atoms with Crippen molar-refractivity contribution in [3.63, 3.8) is 0 Å². The summed E-state index contributed by atoms with van der Waals surface area (Å²) in [6.07, 6.45) is 0. The number of carbonyl (C=O) groups is 1. The van der Waals surface area contributed by atoms with E-state index in [1.807, 2.05) is 0 Å². The van der Waals surface area contributed by atoms with Crippen molar-refractivity contribution in [2.45, 2.75) is 0 Å². The highest BCUT2D eigenvalue weighted by Gasteiger charge is 2.20. The van der Waals surface area contributed by atoms with E-state index in [0.717, 1.165) is 6.07 Å². The Morgan fingerprint density at radius 3 is 2.42 bits per heavy atom. The minimum absolute atomic E-state index is 0.0249. The zero-order chi connectivity index (χ0) is 14.2. The molecular formula is C13H5BrCl2F2O. The maximum atomic E-state index is 13.4. The van der Waals surface area contributed by atoms with E-state index in [1.54, 1.807) is 0 Å². The molecule has 0 unspecified atom stereocenters. The highest BCUT2D eigenvalue weighted by Crippen LogP contribution is 2.28. The molecule has 98 valence electrons. The third kappa shape index (κ3) is 2.81. The second-order valence-corrected chi connectivity index (χ2v) is 5.31. The monoisotopic (exact) mass is 364 g/mol. The molecule has 0 radical (unpaired) electrons. The highest BCUT2D eigenvalue weighted by molar-refractivity contribution is 9.10. The number of hydrogen-bond donors (Lipinski definition) is 0. The lowest BCUT2D eigenvalue weighted by Crippen LogP contribution is -2.05. The third-order valence-electron chi connectivity index (χ3n) is 2.45. The summed E-state index contributed by atoms with van der Waals surface area (Å²) in [5.74, 6) is -2.71. The molecule has 0 heterocycles. The van der Waals surface area contributed by atoms with Gasteiger partial charge in [0.25, 0.3) is 0 Å². The first-order valence-corrected chi connectivity index (χ1v) is 6.60. The average molecular weight is 366 g/mol. The zero-order valence-corrected chi connectivity index (χ0v) is 12.3. The van der Waals surface area contributed by atoms with Crippen LogP contribution in [0.3, 0.4) is 0 Å². The van der Waals surface area contributed by atoms with E-state index in [9.17, 15) is 13.6 Å². The first-order valence-electron chi connectivity index (χ1n) is 5.05. The number of halogens is 5. The van der Waals surface area contributed by atoms with Crippen molar-refractivity contribution in [3.05, 3.63) is 67.6 Å². The lowest BCUT2D eigenvalue weighted by molar-refractivity contribution is 0.103. The SMILES string of the molecule is O=C(c1cc(Cl)ccc1Cl)c1ccc(F)c(F)c1Br. The quantitative estimate of drug-likeness (QED) is 0.523. The first kappa shape index (κ1) is 14.4. The minimum Gasteiger partial charge on any atom is -0.289 e. The smallest absolute Gasteiger partial charge is 0.195 e.